The lowest BCUT2D eigenvalue weighted by Crippen LogP contribution is -2.39. The molecule has 0 spiro atoms. The first kappa shape index (κ1) is 15.7. The van der Waals surface area contributed by atoms with Crippen molar-refractivity contribution < 1.29 is 9.60 Å². The minimum absolute atomic E-state index is 0.0746. The molecule has 116 valence electrons. The molecule has 6 heteroatoms. The van der Waals surface area contributed by atoms with Crippen molar-refractivity contribution in [1.82, 2.24) is 10.2 Å². The number of benzene rings is 1. The van der Waals surface area contributed by atoms with Gasteiger partial charge in [0.1, 0.15) is 5.82 Å². The van der Waals surface area contributed by atoms with Crippen LogP contribution in [0.3, 0.4) is 0 Å². The highest BCUT2D eigenvalue weighted by molar-refractivity contribution is 5.98. The topological polar surface area (TPSA) is 73.9 Å². The van der Waals surface area contributed by atoms with Crippen molar-refractivity contribution in [2.75, 3.05) is 13.6 Å². The number of likely N-dealkylation sites (N-methyl/N-ethyl adjacent to an activating group) is 1. The van der Waals surface area contributed by atoms with Crippen LogP contribution in [-0.2, 0) is 6.54 Å². The Morgan fingerprint density at radius 2 is 2.29 bits per heavy atom. The number of nitrogens with two attached hydrogens (primary N) is 1. The molecule has 1 unspecified atom stereocenters. The number of halogens is 1. The Hall–Kier alpha value is -1.66. The van der Waals surface area contributed by atoms with Crippen LogP contribution in [0.25, 0.3) is 0 Å². The lowest BCUT2D eigenvalue weighted by molar-refractivity contribution is 0.241. The Bertz CT molecular complexity index is 516. The van der Waals surface area contributed by atoms with Gasteiger partial charge in [-0.2, -0.15) is 0 Å². The largest absolute Gasteiger partial charge is 0.409 e. The summed E-state index contributed by atoms with van der Waals surface area (Å²) in [4.78, 5) is 2.38. The van der Waals surface area contributed by atoms with Gasteiger partial charge < -0.3 is 16.3 Å². The Labute approximate surface area is 124 Å². The Balaban J connectivity index is 1.93. The molecular weight excluding hydrogens is 271 g/mol. The van der Waals surface area contributed by atoms with Gasteiger partial charge in [-0.1, -0.05) is 11.2 Å². The molecule has 0 saturated heterocycles. The zero-order chi connectivity index (χ0) is 15.4. The number of oxime groups is 1. The van der Waals surface area contributed by atoms with E-state index in [0.29, 0.717) is 18.2 Å². The Morgan fingerprint density at radius 3 is 2.90 bits per heavy atom. The van der Waals surface area contributed by atoms with Crippen LogP contribution in [0.1, 0.15) is 30.9 Å². The second kappa shape index (κ2) is 6.87. The van der Waals surface area contributed by atoms with Crippen LogP contribution in [0, 0.1) is 5.82 Å². The molecular formula is C15H23FN4O. The molecule has 0 bridgehead atoms. The van der Waals surface area contributed by atoms with Crippen LogP contribution in [0.15, 0.2) is 23.4 Å². The van der Waals surface area contributed by atoms with Gasteiger partial charge in [0.05, 0.1) is 0 Å². The minimum Gasteiger partial charge on any atom is -0.409 e. The van der Waals surface area contributed by atoms with Crippen molar-refractivity contribution in [1.29, 1.82) is 0 Å². The number of rotatable bonds is 7. The van der Waals surface area contributed by atoms with E-state index in [4.69, 9.17) is 10.9 Å². The maximum absolute atomic E-state index is 13.3. The molecule has 1 atom stereocenters. The summed E-state index contributed by atoms with van der Waals surface area (Å²) in [6, 6.07) is 5.48. The van der Waals surface area contributed by atoms with Crippen LogP contribution in [0.4, 0.5) is 4.39 Å². The van der Waals surface area contributed by atoms with Crippen molar-refractivity contribution in [2.24, 2.45) is 10.9 Å². The highest BCUT2D eigenvalue weighted by Crippen LogP contribution is 2.26. The molecule has 1 aliphatic rings. The van der Waals surface area contributed by atoms with Gasteiger partial charge in [-0.3, -0.25) is 4.90 Å². The Kier molecular flexibility index (Phi) is 5.14. The summed E-state index contributed by atoms with van der Waals surface area (Å²) >= 11 is 0. The van der Waals surface area contributed by atoms with E-state index in [0.717, 1.165) is 18.2 Å². The maximum Gasteiger partial charge on any atom is 0.170 e. The van der Waals surface area contributed by atoms with Crippen LogP contribution in [0.2, 0.25) is 0 Å². The molecule has 0 heterocycles. The molecule has 1 aromatic rings. The van der Waals surface area contributed by atoms with Gasteiger partial charge in [-0.05, 0) is 44.5 Å². The van der Waals surface area contributed by atoms with Crippen molar-refractivity contribution in [3.05, 3.63) is 35.1 Å². The lowest BCUT2D eigenvalue weighted by atomic mass is 10.1. The summed E-state index contributed by atoms with van der Waals surface area (Å²) < 4.78 is 13.3. The lowest BCUT2D eigenvalue weighted by Gasteiger charge is -2.24. The molecule has 4 N–H and O–H groups in total. The third-order valence-electron chi connectivity index (χ3n) is 4.03. The summed E-state index contributed by atoms with van der Waals surface area (Å²) in [5.41, 5.74) is 6.83. The van der Waals surface area contributed by atoms with Gasteiger partial charge in [-0.25, -0.2) is 4.39 Å². The van der Waals surface area contributed by atoms with Gasteiger partial charge in [0.25, 0.3) is 0 Å². The average Bonchev–Trinajstić information content (AvgIpc) is 3.31. The number of nitrogens with one attached hydrogen (secondary N) is 1. The predicted molar refractivity (Wildman–Crippen MR) is 80.9 cm³/mol. The maximum atomic E-state index is 13.3. The van der Waals surface area contributed by atoms with Gasteiger partial charge in [0, 0.05) is 30.7 Å². The van der Waals surface area contributed by atoms with E-state index >= 15 is 0 Å². The molecule has 0 radical (unpaired) electrons. The number of hydrogen-bond acceptors (Lipinski definition) is 4. The predicted octanol–water partition coefficient (Wildman–Crippen LogP) is 1.49. The third kappa shape index (κ3) is 4.15. The fourth-order valence-corrected chi connectivity index (χ4v) is 2.40. The van der Waals surface area contributed by atoms with E-state index < -0.39 is 5.82 Å². The summed E-state index contributed by atoms with van der Waals surface area (Å²) in [7, 11) is 2.14. The van der Waals surface area contributed by atoms with Gasteiger partial charge in [0.2, 0.25) is 0 Å². The van der Waals surface area contributed by atoms with E-state index in [2.05, 4.69) is 29.3 Å². The molecule has 1 fully saturated rings. The molecule has 0 aliphatic heterocycles. The molecule has 0 aromatic heterocycles. The number of amidine groups is 1. The average molecular weight is 294 g/mol. The van der Waals surface area contributed by atoms with E-state index in [1.165, 1.54) is 25.0 Å². The second-order valence-corrected chi connectivity index (χ2v) is 5.66. The zero-order valence-electron chi connectivity index (χ0n) is 12.5. The van der Waals surface area contributed by atoms with Gasteiger partial charge in [-0.15, -0.1) is 0 Å². The van der Waals surface area contributed by atoms with Gasteiger partial charge in [0.15, 0.2) is 5.84 Å². The normalized spacial score (nSPS) is 17.2. The Morgan fingerprint density at radius 1 is 1.57 bits per heavy atom. The molecule has 1 aliphatic carbocycles. The van der Waals surface area contributed by atoms with Gasteiger partial charge >= 0.3 is 0 Å². The molecule has 0 amide bonds. The van der Waals surface area contributed by atoms with Crippen molar-refractivity contribution >= 4 is 5.84 Å². The van der Waals surface area contributed by atoms with Crippen LogP contribution >= 0.6 is 0 Å². The highest BCUT2D eigenvalue weighted by atomic mass is 19.1. The minimum atomic E-state index is -0.401. The molecule has 1 aromatic carbocycles. The standard InChI is InChI=1S/C15H23FN4O/c1-10(20(2)13-5-6-13)8-18-9-11-3-4-12(16)7-14(11)15(17)19-21/h3-4,7,10,13,18,21H,5-6,8-9H2,1-2H3,(H2,17,19). The van der Waals surface area contributed by atoms with Crippen LogP contribution in [-0.4, -0.2) is 41.6 Å². The number of hydrogen-bond donors (Lipinski definition) is 3. The third-order valence-corrected chi connectivity index (χ3v) is 4.03. The SMILES string of the molecule is CC(CNCc1ccc(F)cc1/C(N)=N/O)N(C)C1CC1. The van der Waals surface area contributed by atoms with E-state index in [-0.39, 0.29) is 5.84 Å². The van der Waals surface area contributed by atoms with E-state index in [9.17, 15) is 4.39 Å². The summed E-state index contributed by atoms with van der Waals surface area (Å²) in [6.45, 7) is 3.56. The molecule has 1 saturated carbocycles. The quantitative estimate of drug-likeness (QED) is 0.308. The molecule has 2 rings (SSSR count). The van der Waals surface area contributed by atoms with E-state index in [1.54, 1.807) is 6.07 Å². The molecule has 21 heavy (non-hydrogen) atoms. The zero-order valence-corrected chi connectivity index (χ0v) is 12.5. The first-order valence-electron chi connectivity index (χ1n) is 7.22. The first-order chi connectivity index (χ1) is 10.0. The van der Waals surface area contributed by atoms with E-state index in [1.807, 2.05) is 0 Å². The number of nitrogens with zero attached hydrogens (tertiary/aromatic N) is 2. The first-order valence-corrected chi connectivity index (χ1v) is 7.22. The second-order valence-electron chi connectivity index (χ2n) is 5.66. The summed E-state index contributed by atoms with van der Waals surface area (Å²) in [6.07, 6.45) is 2.57. The molecule has 5 nitrogen and oxygen atoms in total. The summed E-state index contributed by atoms with van der Waals surface area (Å²) in [5.74, 6) is -0.475. The van der Waals surface area contributed by atoms with Crippen molar-refractivity contribution in [3.63, 3.8) is 0 Å². The van der Waals surface area contributed by atoms with Crippen molar-refractivity contribution in [2.45, 2.75) is 38.4 Å². The van der Waals surface area contributed by atoms with Crippen molar-refractivity contribution in [3.8, 4) is 0 Å². The summed E-state index contributed by atoms with van der Waals surface area (Å²) in [5, 5.41) is 15.1. The fraction of sp³-hybridized carbons (Fsp3) is 0.533. The van der Waals surface area contributed by atoms with Crippen LogP contribution in [0.5, 0.6) is 0 Å². The monoisotopic (exact) mass is 294 g/mol. The fourth-order valence-electron chi connectivity index (χ4n) is 2.40. The van der Waals surface area contributed by atoms with Crippen LogP contribution < -0.4 is 11.1 Å². The smallest absolute Gasteiger partial charge is 0.170 e. The highest BCUT2D eigenvalue weighted by Gasteiger charge is 2.28.